The number of thiophene rings is 1. The van der Waals surface area contributed by atoms with E-state index in [0.29, 0.717) is 23.9 Å². The second kappa shape index (κ2) is 8.16. The van der Waals surface area contributed by atoms with Gasteiger partial charge in [0.1, 0.15) is 0 Å². The Morgan fingerprint density at radius 1 is 1.29 bits per heavy atom. The average Bonchev–Trinajstić information content (AvgIpc) is 2.99. The zero-order chi connectivity index (χ0) is 16.9. The van der Waals surface area contributed by atoms with Crippen LogP contribution in [-0.2, 0) is 9.53 Å². The van der Waals surface area contributed by atoms with E-state index in [-0.39, 0.29) is 5.91 Å². The Kier molecular flexibility index (Phi) is 5.94. The molecule has 4 nitrogen and oxygen atoms in total. The fourth-order valence-electron chi connectivity index (χ4n) is 2.40. The van der Waals surface area contributed by atoms with Crippen LogP contribution in [0, 0.1) is 0 Å². The van der Waals surface area contributed by atoms with Crippen molar-refractivity contribution in [2.24, 2.45) is 0 Å². The van der Waals surface area contributed by atoms with Crippen molar-refractivity contribution < 1.29 is 9.53 Å². The van der Waals surface area contributed by atoms with Crippen LogP contribution in [0.4, 0.5) is 11.4 Å². The highest BCUT2D eigenvalue weighted by Gasteiger charge is 2.14. The summed E-state index contributed by atoms with van der Waals surface area (Å²) in [4.78, 5) is 15.2. The van der Waals surface area contributed by atoms with E-state index in [4.69, 9.17) is 16.3 Å². The molecule has 0 saturated carbocycles. The molecule has 1 aromatic carbocycles. The summed E-state index contributed by atoms with van der Waals surface area (Å²) in [7, 11) is 0. The Bertz CT molecular complexity index is 757. The normalized spacial score (nSPS) is 15.0. The number of carbonyl (C=O) groups is 1. The molecule has 24 heavy (non-hydrogen) atoms. The van der Waals surface area contributed by atoms with Crippen LogP contribution in [-0.4, -0.2) is 32.2 Å². The Hall–Kier alpha value is -1.34. The summed E-state index contributed by atoms with van der Waals surface area (Å²) in [5.41, 5.74) is 1.65. The van der Waals surface area contributed by atoms with Crippen LogP contribution in [0.25, 0.3) is 6.08 Å². The molecule has 2 aromatic rings. The molecule has 0 bridgehead atoms. The summed E-state index contributed by atoms with van der Waals surface area (Å²) in [6, 6.07) is 9.48. The minimum Gasteiger partial charge on any atom is -0.378 e. The summed E-state index contributed by atoms with van der Waals surface area (Å²) >= 11 is 11.3. The van der Waals surface area contributed by atoms with Crippen molar-refractivity contribution in [1.29, 1.82) is 0 Å². The third-order valence-electron chi connectivity index (χ3n) is 3.56. The van der Waals surface area contributed by atoms with E-state index in [1.165, 1.54) is 6.08 Å². The van der Waals surface area contributed by atoms with E-state index >= 15 is 0 Å². The van der Waals surface area contributed by atoms with Gasteiger partial charge in [0, 0.05) is 29.7 Å². The number of halogens is 2. The number of nitrogens with one attached hydrogen (secondary N) is 1. The van der Waals surface area contributed by atoms with Gasteiger partial charge in [-0.25, -0.2) is 0 Å². The van der Waals surface area contributed by atoms with E-state index in [9.17, 15) is 4.79 Å². The average molecular weight is 428 g/mol. The number of anilines is 2. The lowest BCUT2D eigenvalue weighted by molar-refractivity contribution is -0.111. The van der Waals surface area contributed by atoms with Crippen molar-refractivity contribution in [3.05, 3.63) is 50.1 Å². The van der Waals surface area contributed by atoms with Gasteiger partial charge in [0.05, 0.1) is 27.7 Å². The number of hydrogen-bond acceptors (Lipinski definition) is 4. The molecule has 2 heterocycles. The maximum Gasteiger partial charge on any atom is 0.248 e. The molecule has 0 radical (unpaired) electrons. The van der Waals surface area contributed by atoms with Gasteiger partial charge in [0.2, 0.25) is 5.91 Å². The van der Waals surface area contributed by atoms with Gasteiger partial charge in [-0.15, -0.1) is 11.3 Å². The Morgan fingerprint density at radius 2 is 2.08 bits per heavy atom. The van der Waals surface area contributed by atoms with Crippen molar-refractivity contribution in [1.82, 2.24) is 0 Å². The van der Waals surface area contributed by atoms with Crippen LogP contribution in [0.3, 0.4) is 0 Å². The number of benzene rings is 1. The van der Waals surface area contributed by atoms with E-state index < -0.39 is 0 Å². The highest BCUT2D eigenvalue weighted by atomic mass is 79.9. The molecular formula is C17H16BrClN2O2S. The summed E-state index contributed by atoms with van der Waals surface area (Å²) in [6.45, 7) is 3.06. The first kappa shape index (κ1) is 17.5. The summed E-state index contributed by atoms with van der Waals surface area (Å²) < 4.78 is 6.39. The molecule has 1 aliphatic rings. The Labute approximate surface area is 158 Å². The molecule has 1 saturated heterocycles. The molecular weight excluding hydrogens is 412 g/mol. The van der Waals surface area contributed by atoms with Crippen LogP contribution < -0.4 is 10.2 Å². The lowest BCUT2D eigenvalue weighted by Gasteiger charge is -2.29. The summed E-state index contributed by atoms with van der Waals surface area (Å²) in [6.07, 6.45) is 3.30. The van der Waals surface area contributed by atoms with Gasteiger partial charge in [-0.3, -0.25) is 4.79 Å². The fraction of sp³-hybridized carbons (Fsp3) is 0.235. The van der Waals surface area contributed by atoms with Gasteiger partial charge in [-0.1, -0.05) is 11.6 Å². The van der Waals surface area contributed by atoms with Crippen molar-refractivity contribution in [2.75, 3.05) is 36.5 Å². The lowest BCUT2D eigenvalue weighted by Crippen LogP contribution is -2.36. The van der Waals surface area contributed by atoms with Crippen LogP contribution in [0.2, 0.25) is 5.02 Å². The third-order valence-corrected chi connectivity index (χ3v) is 5.45. The first-order valence-electron chi connectivity index (χ1n) is 7.48. The van der Waals surface area contributed by atoms with Crippen LogP contribution in [0.1, 0.15) is 4.88 Å². The number of amides is 1. The van der Waals surface area contributed by atoms with Gasteiger partial charge in [-0.2, -0.15) is 0 Å². The van der Waals surface area contributed by atoms with Gasteiger partial charge < -0.3 is 15.0 Å². The molecule has 0 aliphatic carbocycles. The van der Waals surface area contributed by atoms with Gasteiger partial charge >= 0.3 is 0 Å². The zero-order valence-corrected chi connectivity index (χ0v) is 16.0. The van der Waals surface area contributed by atoms with E-state index in [2.05, 4.69) is 26.1 Å². The predicted molar refractivity (Wildman–Crippen MR) is 104 cm³/mol. The first-order chi connectivity index (χ1) is 11.6. The highest BCUT2D eigenvalue weighted by Crippen LogP contribution is 2.29. The quantitative estimate of drug-likeness (QED) is 0.722. The molecule has 126 valence electrons. The second-order valence-corrected chi connectivity index (χ2v) is 8.13. The minimum atomic E-state index is -0.185. The molecule has 1 aliphatic heterocycles. The monoisotopic (exact) mass is 426 g/mol. The Morgan fingerprint density at radius 3 is 2.75 bits per heavy atom. The van der Waals surface area contributed by atoms with E-state index in [0.717, 1.165) is 27.4 Å². The summed E-state index contributed by atoms with van der Waals surface area (Å²) in [5, 5.41) is 3.46. The highest BCUT2D eigenvalue weighted by molar-refractivity contribution is 9.11. The standard InChI is InChI=1S/C17H16BrClN2O2S/c18-16-5-2-13(24-16)3-6-17(22)20-12-1-4-15(14(19)11-12)21-7-9-23-10-8-21/h1-6,11H,7-10H2,(H,20,22)/b6-3+. The van der Waals surface area contributed by atoms with Crippen LogP contribution in [0.5, 0.6) is 0 Å². The molecule has 1 amide bonds. The summed E-state index contributed by atoms with van der Waals surface area (Å²) in [5.74, 6) is -0.185. The van der Waals surface area contributed by atoms with E-state index in [1.807, 2.05) is 24.3 Å². The molecule has 0 unspecified atom stereocenters. The smallest absolute Gasteiger partial charge is 0.248 e. The van der Waals surface area contributed by atoms with Crippen LogP contribution in [0.15, 0.2) is 40.2 Å². The number of carbonyl (C=O) groups excluding carboxylic acids is 1. The molecule has 7 heteroatoms. The lowest BCUT2D eigenvalue weighted by atomic mass is 10.2. The largest absolute Gasteiger partial charge is 0.378 e. The molecule has 1 aromatic heterocycles. The topological polar surface area (TPSA) is 41.6 Å². The van der Waals surface area contributed by atoms with Crippen LogP contribution >= 0.6 is 38.9 Å². The SMILES string of the molecule is O=C(/C=C/c1ccc(Br)s1)Nc1ccc(N2CCOCC2)c(Cl)c1. The van der Waals surface area contributed by atoms with Crippen molar-refractivity contribution in [3.63, 3.8) is 0 Å². The first-order valence-corrected chi connectivity index (χ1v) is 9.47. The van der Waals surface area contributed by atoms with Crippen molar-refractivity contribution >= 4 is 62.2 Å². The minimum absolute atomic E-state index is 0.185. The Balaban J connectivity index is 1.63. The second-order valence-electron chi connectivity index (χ2n) is 5.23. The number of morpholine rings is 1. The number of nitrogens with zero attached hydrogens (tertiary/aromatic N) is 1. The zero-order valence-electron chi connectivity index (χ0n) is 12.8. The van der Waals surface area contributed by atoms with E-state index in [1.54, 1.807) is 23.5 Å². The van der Waals surface area contributed by atoms with Gasteiger partial charge in [-0.05, 0) is 52.3 Å². The maximum absolute atomic E-state index is 12.0. The van der Waals surface area contributed by atoms with Gasteiger partial charge in [0.25, 0.3) is 0 Å². The molecule has 3 rings (SSSR count). The third kappa shape index (κ3) is 4.60. The van der Waals surface area contributed by atoms with Gasteiger partial charge in [0.15, 0.2) is 0 Å². The molecule has 0 spiro atoms. The number of hydrogen-bond donors (Lipinski definition) is 1. The predicted octanol–water partition coefficient (Wildman–Crippen LogP) is 4.65. The van der Waals surface area contributed by atoms with Crippen molar-refractivity contribution in [3.8, 4) is 0 Å². The number of rotatable bonds is 4. The molecule has 1 fully saturated rings. The molecule has 1 N–H and O–H groups in total. The van der Waals surface area contributed by atoms with Crippen molar-refractivity contribution in [2.45, 2.75) is 0 Å². The maximum atomic E-state index is 12.0. The molecule has 0 atom stereocenters. The fourth-order valence-corrected chi connectivity index (χ4v) is 4.03. The number of ether oxygens (including phenoxy) is 1.